The van der Waals surface area contributed by atoms with Gasteiger partial charge in [0.05, 0.1) is 31.5 Å². The number of carbonyl (C=O) groups excluding carboxylic acids is 1. The van der Waals surface area contributed by atoms with Crippen LogP contribution in [0, 0.1) is 5.82 Å². The summed E-state index contributed by atoms with van der Waals surface area (Å²) in [5.41, 5.74) is 2.02. The molecule has 3 rings (SSSR count). The number of hydrogen-bond acceptors (Lipinski definition) is 4. The molecule has 0 saturated carbocycles. The van der Waals surface area contributed by atoms with Crippen molar-refractivity contribution in [2.24, 2.45) is 0 Å². The highest BCUT2D eigenvalue weighted by molar-refractivity contribution is 7.80. The number of amides is 1. The number of benzene rings is 2. The van der Waals surface area contributed by atoms with Gasteiger partial charge in [0.15, 0.2) is 5.11 Å². The van der Waals surface area contributed by atoms with E-state index < -0.39 is 11.9 Å². The van der Waals surface area contributed by atoms with Crippen molar-refractivity contribution in [3.63, 3.8) is 0 Å². The Morgan fingerprint density at radius 1 is 1.18 bits per heavy atom. The third-order valence-electron chi connectivity index (χ3n) is 4.35. The van der Waals surface area contributed by atoms with Crippen LogP contribution in [0.5, 0.6) is 11.5 Å². The zero-order chi connectivity index (χ0) is 20.3. The molecule has 8 heteroatoms. The first-order valence-electron chi connectivity index (χ1n) is 8.50. The fraction of sp³-hybridized carbons (Fsp3) is 0.200. The van der Waals surface area contributed by atoms with Gasteiger partial charge in [-0.1, -0.05) is 12.1 Å². The number of methoxy groups -OCH3 is 2. The molecule has 1 aliphatic heterocycles. The van der Waals surface area contributed by atoms with Crippen molar-refractivity contribution in [1.82, 2.24) is 10.6 Å². The van der Waals surface area contributed by atoms with Crippen molar-refractivity contribution in [3.05, 3.63) is 65.1 Å². The lowest BCUT2D eigenvalue weighted by Crippen LogP contribution is -2.45. The van der Waals surface area contributed by atoms with Gasteiger partial charge in [0, 0.05) is 11.8 Å². The number of thiocarbonyl (C=S) groups is 1. The summed E-state index contributed by atoms with van der Waals surface area (Å²) in [6, 6.07) is 10.6. The van der Waals surface area contributed by atoms with Crippen LogP contribution in [0.3, 0.4) is 0 Å². The summed E-state index contributed by atoms with van der Waals surface area (Å²) < 4.78 is 24.3. The van der Waals surface area contributed by atoms with Gasteiger partial charge in [0.25, 0.3) is 5.91 Å². The van der Waals surface area contributed by atoms with E-state index >= 15 is 0 Å². The van der Waals surface area contributed by atoms with Crippen LogP contribution in [0.25, 0.3) is 0 Å². The second kappa shape index (κ2) is 8.26. The van der Waals surface area contributed by atoms with Crippen molar-refractivity contribution in [1.29, 1.82) is 0 Å². The fourth-order valence-electron chi connectivity index (χ4n) is 3.03. The number of ether oxygens (including phenoxy) is 2. The van der Waals surface area contributed by atoms with Crippen molar-refractivity contribution in [2.45, 2.75) is 13.0 Å². The Bertz CT molecular complexity index is 961. The largest absolute Gasteiger partial charge is 0.497 e. The zero-order valence-electron chi connectivity index (χ0n) is 15.6. The van der Waals surface area contributed by atoms with Gasteiger partial charge in [-0.3, -0.25) is 4.79 Å². The maximum atomic E-state index is 13.8. The Kier molecular flexibility index (Phi) is 5.79. The summed E-state index contributed by atoms with van der Waals surface area (Å²) >= 11 is 5.22. The van der Waals surface area contributed by atoms with Crippen molar-refractivity contribution >= 4 is 28.9 Å². The predicted molar refractivity (Wildman–Crippen MR) is 109 cm³/mol. The van der Waals surface area contributed by atoms with E-state index in [1.807, 2.05) is 0 Å². The monoisotopic (exact) mass is 401 g/mol. The number of carbonyl (C=O) groups is 1. The van der Waals surface area contributed by atoms with Crippen LogP contribution in [-0.4, -0.2) is 25.2 Å². The standard InChI is InChI=1S/C20H20FN3O3S/c1-11-17(18(24-20(28)22-11)12-5-4-6-13(21)9-12)19(25)23-15-10-14(26-2)7-8-16(15)27-3/h4-10,18H,1-3H3,(H,23,25)(H2,22,24,28). The predicted octanol–water partition coefficient (Wildman–Crippen LogP) is 3.27. The minimum Gasteiger partial charge on any atom is -0.497 e. The minimum absolute atomic E-state index is 0.363. The van der Waals surface area contributed by atoms with E-state index in [1.165, 1.54) is 26.4 Å². The molecule has 0 bridgehead atoms. The van der Waals surface area contributed by atoms with Crippen LogP contribution >= 0.6 is 12.2 Å². The second-order valence-electron chi connectivity index (χ2n) is 6.15. The summed E-state index contributed by atoms with van der Waals surface area (Å²) in [6.07, 6.45) is 0. The summed E-state index contributed by atoms with van der Waals surface area (Å²) in [7, 11) is 3.05. The van der Waals surface area contributed by atoms with E-state index in [1.54, 1.807) is 37.3 Å². The molecule has 0 aromatic heterocycles. The molecule has 1 heterocycles. The van der Waals surface area contributed by atoms with Crippen molar-refractivity contribution in [2.75, 3.05) is 19.5 Å². The summed E-state index contributed by atoms with van der Waals surface area (Å²) in [5.74, 6) is 0.294. The maximum Gasteiger partial charge on any atom is 0.255 e. The molecule has 1 atom stereocenters. The lowest BCUT2D eigenvalue weighted by atomic mass is 9.95. The normalized spacial score (nSPS) is 16.1. The lowest BCUT2D eigenvalue weighted by molar-refractivity contribution is -0.113. The number of nitrogens with one attached hydrogen (secondary N) is 3. The van der Waals surface area contributed by atoms with E-state index in [-0.39, 0.29) is 5.91 Å². The van der Waals surface area contributed by atoms with E-state index in [0.29, 0.717) is 39.1 Å². The van der Waals surface area contributed by atoms with Gasteiger partial charge >= 0.3 is 0 Å². The highest BCUT2D eigenvalue weighted by atomic mass is 32.1. The topological polar surface area (TPSA) is 71.6 Å². The first kappa shape index (κ1) is 19.6. The highest BCUT2D eigenvalue weighted by Crippen LogP contribution is 2.32. The molecule has 1 unspecified atom stereocenters. The third-order valence-corrected chi connectivity index (χ3v) is 4.57. The number of halogens is 1. The molecule has 28 heavy (non-hydrogen) atoms. The molecule has 1 aliphatic rings. The van der Waals surface area contributed by atoms with E-state index in [4.69, 9.17) is 21.7 Å². The van der Waals surface area contributed by atoms with Gasteiger partial charge in [0.2, 0.25) is 0 Å². The van der Waals surface area contributed by atoms with Crippen LogP contribution in [0.4, 0.5) is 10.1 Å². The molecular weight excluding hydrogens is 381 g/mol. The second-order valence-corrected chi connectivity index (χ2v) is 6.55. The molecule has 0 saturated heterocycles. The number of allylic oxidation sites excluding steroid dienone is 1. The van der Waals surface area contributed by atoms with Crippen LogP contribution in [0.15, 0.2) is 53.7 Å². The molecule has 0 fully saturated rings. The smallest absolute Gasteiger partial charge is 0.255 e. The molecular formula is C20H20FN3O3S. The maximum absolute atomic E-state index is 13.8. The van der Waals surface area contributed by atoms with Gasteiger partial charge in [0.1, 0.15) is 17.3 Å². The Hall–Kier alpha value is -3.13. The average Bonchev–Trinajstić information content (AvgIpc) is 2.67. The molecule has 146 valence electrons. The molecule has 0 aliphatic carbocycles. The Morgan fingerprint density at radius 2 is 1.96 bits per heavy atom. The molecule has 6 nitrogen and oxygen atoms in total. The van der Waals surface area contributed by atoms with Gasteiger partial charge in [-0.2, -0.15) is 0 Å². The van der Waals surface area contributed by atoms with Crippen molar-refractivity contribution < 1.29 is 18.7 Å². The fourth-order valence-corrected chi connectivity index (χ4v) is 3.30. The molecule has 2 aromatic carbocycles. The molecule has 2 aromatic rings. The Labute approximate surface area is 167 Å². The van der Waals surface area contributed by atoms with Gasteiger partial charge in [-0.05, 0) is 49.0 Å². The van der Waals surface area contributed by atoms with Crippen LogP contribution in [0.1, 0.15) is 18.5 Å². The molecule has 1 amide bonds. The van der Waals surface area contributed by atoms with Gasteiger partial charge < -0.3 is 25.4 Å². The van der Waals surface area contributed by atoms with Crippen molar-refractivity contribution in [3.8, 4) is 11.5 Å². The summed E-state index contributed by atoms with van der Waals surface area (Å²) in [4.78, 5) is 13.1. The average molecular weight is 401 g/mol. The number of rotatable bonds is 5. The van der Waals surface area contributed by atoms with E-state index in [0.717, 1.165) is 0 Å². The van der Waals surface area contributed by atoms with Gasteiger partial charge in [-0.15, -0.1) is 0 Å². The zero-order valence-corrected chi connectivity index (χ0v) is 16.4. The lowest BCUT2D eigenvalue weighted by Gasteiger charge is -2.30. The van der Waals surface area contributed by atoms with Gasteiger partial charge in [-0.25, -0.2) is 4.39 Å². The quantitative estimate of drug-likeness (QED) is 0.668. The molecule has 0 spiro atoms. The minimum atomic E-state index is -0.596. The van der Waals surface area contributed by atoms with Crippen LogP contribution in [0.2, 0.25) is 0 Å². The summed E-state index contributed by atoms with van der Waals surface area (Å²) in [6.45, 7) is 1.75. The summed E-state index contributed by atoms with van der Waals surface area (Å²) in [5, 5.41) is 9.20. The molecule has 3 N–H and O–H groups in total. The first-order valence-corrected chi connectivity index (χ1v) is 8.91. The number of anilines is 1. The van der Waals surface area contributed by atoms with Crippen LogP contribution in [-0.2, 0) is 4.79 Å². The Morgan fingerprint density at radius 3 is 2.64 bits per heavy atom. The Balaban J connectivity index is 1.98. The van der Waals surface area contributed by atoms with E-state index in [2.05, 4.69) is 16.0 Å². The highest BCUT2D eigenvalue weighted by Gasteiger charge is 2.30. The molecule has 0 radical (unpaired) electrons. The third kappa shape index (κ3) is 4.07. The first-order chi connectivity index (χ1) is 13.4. The number of hydrogen-bond donors (Lipinski definition) is 3. The van der Waals surface area contributed by atoms with Crippen LogP contribution < -0.4 is 25.4 Å². The van der Waals surface area contributed by atoms with E-state index in [9.17, 15) is 9.18 Å². The SMILES string of the molecule is COc1ccc(OC)c(NC(=O)C2=C(C)NC(=S)NC2c2cccc(F)c2)c1.